The summed E-state index contributed by atoms with van der Waals surface area (Å²) >= 11 is 0. The summed E-state index contributed by atoms with van der Waals surface area (Å²) in [4.78, 5) is 37.3. The smallest absolute Gasteiger partial charge is 0.319 e. The van der Waals surface area contributed by atoms with Crippen LogP contribution in [0.2, 0.25) is 0 Å². The molecule has 0 heterocycles. The van der Waals surface area contributed by atoms with Gasteiger partial charge in [-0.3, -0.25) is 9.59 Å². The van der Waals surface area contributed by atoms with E-state index in [1.165, 1.54) is 29.2 Å². The molecule has 0 bridgehead atoms. The van der Waals surface area contributed by atoms with E-state index in [0.717, 1.165) is 5.56 Å². The number of anilines is 2. The number of carbonyl (C=O) groups excluding carboxylic acids is 3. The van der Waals surface area contributed by atoms with E-state index in [-0.39, 0.29) is 12.5 Å². The fourth-order valence-electron chi connectivity index (χ4n) is 2.21. The van der Waals surface area contributed by atoms with E-state index >= 15 is 0 Å². The Balaban J connectivity index is 1.91. The van der Waals surface area contributed by atoms with Gasteiger partial charge in [0.25, 0.3) is 5.91 Å². The van der Waals surface area contributed by atoms with Crippen LogP contribution in [0, 0.1) is 12.7 Å². The average molecular weight is 372 g/mol. The zero-order chi connectivity index (χ0) is 20.0. The number of aryl methyl sites for hydroxylation is 1. The Morgan fingerprint density at radius 1 is 1.00 bits per heavy atom. The van der Waals surface area contributed by atoms with Crippen molar-refractivity contribution in [2.45, 2.75) is 6.92 Å². The molecule has 0 saturated heterocycles. The van der Waals surface area contributed by atoms with Gasteiger partial charge in [-0.15, -0.1) is 0 Å². The van der Waals surface area contributed by atoms with Gasteiger partial charge in [-0.1, -0.05) is 6.07 Å². The number of urea groups is 1. The molecule has 27 heavy (non-hydrogen) atoms. The lowest BCUT2D eigenvalue weighted by Gasteiger charge is -2.14. The first-order chi connectivity index (χ1) is 12.8. The number of carbonyl (C=O) groups is 3. The van der Waals surface area contributed by atoms with Crippen molar-refractivity contribution in [1.29, 1.82) is 0 Å². The number of benzene rings is 2. The second-order valence-corrected chi connectivity index (χ2v) is 6.09. The molecule has 0 spiro atoms. The molecule has 0 saturated carbocycles. The number of nitrogens with one attached hydrogen (secondary N) is 3. The zero-order valence-electron chi connectivity index (χ0n) is 15.3. The Hall–Kier alpha value is -3.42. The third-order valence-corrected chi connectivity index (χ3v) is 3.68. The summed E-state index contributed by atoms with van der Waals surface area (Å²) in [6.45, 7) is 1.53. The first kappa shape index (κ1) is 19.9. The van der Waals surface area contributed by atoms with Gasteiger partial charge < -0.3 is 20.9 Å². The van der Waals surface area contributed by atoms with Crippen LogP contribution in [0.4, 0.5) is 20.6 Å². The third-order valence-electron chi connectivity index (χ3n) is 3.68. The Labute approximate surface area is 156 Å². The molecule has 0 aromatic heterocycles. The first-order valence-corrected chi connectivity index (χ1v) is 8.19. The van der Waals surface area contributed by atoms with Crippen LogP contribution in [-0.4, -0.2) is 43.4 Å². The van der Waals surface area contributed by atoms with Gasteiger partial charge in [-0.05, 0) is 48.9 Å². The summed E-state index contributed by atoms with van der Waals surface area (Å²) < 4.78 is 12.8. The van der Waals surface area contributed by atoms with Gasteiger partial charge >= 0.3 is 6.03 Å². The van der Waals surface area contributed by atoms with E-state index < -0.39 is 17.8 Å². The number of amides is 4. The lowest BCUT2D eigenvalue weighted by Crippen LogP contribution is -2.36. The van der Waals surface area contributed by atoms with E-state index in [2.05, 4.69) is 16.0 Å². The van der Waals surface area contributed by atoms with Gasteiger partial charge in [-0.2, -0.15) is 0 Å². The van der Waals surface area contributed by atoms with Crippen molar-refractivity contribution in [2.75, 3.05) is 31.3 Å². The molecule has 0 radical (unpaired) electrons. The minimum absolute atomic E-state index is 0.183. The maximum Gasteiger partial charge on any atom is 0.319 e. The van der Waals surface area contributed by atoms with Crippen LogP contribution in [0.3, 0.4) is 0 Å². The summed E-state index contributed by atoms with van der Waals surface area (Å²) in [6.07, 6.45) is 0. The van der Waals surface area contributed by atoms with E-state index in [1.54, 1.807) is 39.2 Å². The molecular formula is C19H21FN4O3. The highest BCUT2D eigenvalue weighted by Gasteiger charge is 2.12. The van der Waals surface area contributed by atoms with Gasteiger partial charge in [0.05, 0.1) is 6.54 Å². The topological polar surface area (TPSA) is 90.5 Å². The van der Waals surface area contributed by atoms with E-state index in [1.807, 2.05) is 0 Å². The van der Waals surface area contributed by atoms with E-state index in [9.17, 15) is 18.8 Å². The summed E-state index contributed by atoms with van der Waals surface area (Å²) in [7, 11) is 3.28. The zero-order valence-corrected chi connectivity index (χ0v) is 15.3. The largest absolute Gasteiger partial charge is 0.345 e. The Bertz CT molecular complexity index is 851. The fraction of sp³-hybridized carbons (Fsp3) is 0.211. The molecule has 0 atom stereocenters. The van der Waals surface area contributed by atoms with Gasteiger partial charge in [0.2, 0.25) is 5.91 Å². The molecule has 142 valence electrons. The van der Waals surface area contributed by atoms with Crippen molar-refractivity contribution in [3.8, 4) is 0 Å². The van der Waals surface area contributed by atoms with Gasteiger partial charge in [0, 0.05) is 31.0 Å². The molecular weight excluding hydrogens is 351 g/mol. The molecule has 7 nitrogen and oxygen atoms in total. The molecule has 2 aromatic carbocycles. The highest BCUT2D eigenvalue weighted by molar-refractivity contribution is 5.99. The molecule has 0 aliphatic heterocycles. The van der Waals surface area contributed by atoms with Crippen LogP contribution >= 0.6 is 0 Å². The Morgan fingerprint density at radius 3 is 2.30 bits per heavy atom. The number of halogens is 1. The van der Waals surface area contributed by atoms with Crippen LogP contribution in [0.15, 0.2) is 42.5 Å². The lowest BCUT2D eigenvalue weighted by molar-refractivity contribution is -0.115. The molecule has 4 amide bonds. The third kappa shape index (κ3) is 5.81. The monoisotopic (exact) mass is 372 g/mol. The molecule has 0 fully saturated rings. The summed E-state index contributed by atoms with van der Waals surface area (Å²) in [6, 6.07) is 9.69. The predicted molar refractivity (Wildman–Crippen MR) is 101 cm³/mol. The quantitative estimate of drug-likeness (QED) is 0.753. The fourth-order valence-corrected chi connectivity index (χ4v) is 2.21. The molecule has 8 heteroatoms. The molecule has 0 aliphatic carbocycles. The van der Waals surface area contributed by atoms with Crippen molar-refractivity contribution in [3.63, 3.8) is 0 Å². The van der Waals surface area contributed by atoms with Crippen LogP contribution in [-0.2, 0) is 4.79 Å². The van der Waals surface area contributed by atoms with E-state index in [0.29, 0.717) is 16.9 Å². The number of hydrogen-bond donors (Lipinski definition) is 3. The normalized spacial score (nSPS) is 10.1. The van der Waals surface area contributed by atoms with Crippen molar-refractivity contribution < 1.29 is 18.8 Å². The Kier molecular flexibility index (Phi) is 6.48. The van der Waals surface area contributed by atoms with Gasteiger partial charge in [0.15, 0.2) is 0 Å². The van der Waals surface area contributed by atoms with E-state index in [4.69, 9.17) is 0 Å². The minimum atomic E-state index is -0.582. The van der Waals surface area contributed by atoms with Crippen molar-refractivity contribution in [2.24, 2.45) is 0 Å². The SMILES string of the molecule is Cc1ccc(C(=O)N(C)C)cc1NC(=O)NCC(=O)Nc1ccc(F)cc1. The molecule has 2 rings (SSSR count). The average Bonchev–Trinajstić information content (AvgIpc) is 2.63. The van der Waals surface area contributed by atoms with Gasteiger partial charge in [-0.25, -0.2) is 9.18 Å². The van der Waals surface area contributed by atoms with Crippen molar-refractivity contribution in [1.82, 2.24) is 10.2 Å². The first-order valence-electron chi connectivity index (χ1n) is 8.19. The Morgan fingerprint density at radius 2 is 1.67 bits per heavy atom. The van der Waals surface area contributed by atoms with Crippen LogP contribution in [0.5, 0.6) is 0 Å². The van der Waals surface area contributed by atoms with Crippen LogP contribution in [0.1, 0.15) is 15.9 Å². The number of nitrogens with zero attached hydrogens (tertiary/aromatic N) is 1. The minimum Gasteiger partial charge on any atom is -0.345 e. The molecule has 3 N–H and O–H groups in total. The predicted octanol–water partition coefficient (Wildman–Crippen LogP) is 2.60. The summed E-state index contributed by atoms with van der Waals surface area (Å²) in [5, 5.41) is 7.59. The van der Waals surface area contributed by atoms with Crippen molar-refractivity contribution in [3.05, 3.63) is 59.4 Å². The summed E-state index contributed by atoms with van der Waals surface area (Å²) in [5.74, 6) is -1.04. The number of hydrogen-bond acceptors (Lipinski definition) is 3. The highest BCUT2D eigenvalue weighted by atomic mass is 19.1. The molecule has 0 aliphatic rings. The molecule has 2 aromatic rings. The standard InChI is InChI=1S/C19H21FN4O3/c1-12-4-5-13(18(26)24(2)3)10-16(12)23-19(27)21-11-17(25)22-15-8-6-14(20)7-9-15/h4-10H,11H2,1-3H3,(H,22,25)(H2,21,23,27). The molecule has 0 unspecified atom stereocenters. The van der Waals surface area contributed by atoms with Gasteiger partial charge in [0.1, 0.15) is 5.82 Å². The summed E-state index contributed by atoms with van der Waals surface area (Å²) in [5.41, 5.74) is 2.11. The van der Waals surface area contributed by atoms with Crippen molar-refractivity contribution >= 4 is 29.2 Å². The lowest BCUT2D eigenvalue weighted by atomic mass is 10.1. The number of rotatable bonds is 5. The second kappa shape index (κ2) is 8.79. The maximum atomic E-state index is 12.8. The highest BCUT2D eigenvalue weighted by Crippen LogP contribution is 2.17. The van der Waals surface area contributed by atoms with Crippen LogP contribution in [0.25, 0.3) is 0 Å². The maximum absolute atomic E-state index is 12.8. The van der Waals surface area contributed by atoms with Crippen LogP contribution < -0.4 is 16.0 Å². The second-order valence-electron chi connectivity index (χ2n) is 6.09.